The molecule has 0 unspecified atom stereocenters. The molecule has 122 valence electrons. The monoisotopic (exact) mass is 375 g/mol. The van der Waals surface area contributed by atoms with E-state index >= 15 is 0 Å². The molecule has 1 N–H and O–H groups in total. The van der Waals surface area contributed by atoms with Crippen molar-refractivity contribution in [2.24, 2.45) is 0 Å². The van der Waals surface area contributed by atoms with Gasteiger partial charge in [-0.2, -0.15) is 0 Å². The number of pyridine rings is 1. The maximum atomic E-state index is 12.6. The van der Waals surface area contributed by atoms with Gasteiger partial charge in [-0.1, -0.05) is 35.8 Å². The van der Waals surface area contributed by atoms with Crippen LogP contribution < -0.4 is 5.32 Å². The zero-order valence-corrected chi connectivity index (χ0v) is 15.1. The van der Waals surface area contributed by atoms with Gasteiger partial charge >= 0.3 is 0 Å². The first-order chi connectivity index (χ1) is 11.1. The molecule has 5 heteroatoms. The first kappa shape index (κ1) is 17.5. The number of hydrogen-bond donors (Lipinski definition) is 1. The van der Waals surface area contributed by atoms with Crippen molar-refractivity contribution in [2.75, 3.05) is 18.4 Å². The van der Waals surface area contributed by atoms with Crippen LogP contribution in [-0.4, -0.2) is 28.9 Å². The lowest BCUT2D eigenvalue weighted by Crippen LogP contribution is -2.32. The number of carbonyl (C=O) groups is 1. The topological polar surface area (TPSA) is 45.2 Å². The van der Waals surface area contributed by atoms with Crippen molar-refractivity contribution in [2.45, 2.75) is 26.7 Å². The van der Waals surface area contributed by atoms with Gasteiger partial charge in [0.1, 0.15) is 0 Å². The lowest BCUT2D eigenvalue weighted by Gasteiger charge is -2.21. The molecule has 0 saturated heterocycles. The first-order valence-corrected chi connectivity index (χ1v) is 8.70. The molecule has 4 nitrogen and oxygen atoms in total. The van der Waals surface area contributed by atoms with Crippen molar-refractivity contribution in [1.29, 1.82) is 0 Å². The highest BCUT2D eigenvalue weighted by molar-refractivity contribution is 9.10. The number of amides is 1. The summed E-state index contributed by atoms with van der Waals surface area (Å²) in [4.78, 5) is 18.7. The summed E-state index contributed by atoms with van der Waals surface area (Å²) in [6.45, 7) is 5.71. The van der Waals surface area contributed by atoms with Gasteiger partial charge in [0.25, 0.3) is 5.91 Å². The largest absolute Gasteiger partial charge is 0.354 e. The lowest BCUT2D eigenvalue weighted by atomic mass is 10.2. The Bertz CT molecular complexity index is 654. The van der Waals surface area contributed by atoms with Gasteiger partial charge in [-0.15, -0.1) is 0 Å². The predicted molar refractivity (Wildman–Crippen MR) is 98.1 cm³/mol. The summed E-state index contributed by atoms with van der Waals surface area (Å²) in [7, 11) is 0. The summed E-state index contributed by atoms with van der Waals surface area (Å²) in [6, 6.07) is 9.74. The minimum atomic E-state index is 0.0408. The third-order valence-corrected chi connectivity index (χ3v) is 3.87. The molecule has 0 radical (unpaired) electrons. The highest BCUT2D eigenvalue weighted by Gasteiger charge is 2.15. The second-order valence-electron chi connectivity index (χ2n) is 5.39. The van der Waals surface area contributed by atoms with E-state index in [9.17, 15) is 4.79 Å². The van der Waals surface area contributed by atoms with Crippen molar-refractivity contribution >= 4 is 33.2 Å². The van der Waals surface area contributed by atoms with Gasteiger partial charge in [0.2, 0.25) is 0 Å². The summed E-state index contributed by atoms with van der Waals surface area (Å²) < 4.78 is 1.000. The summed E-state index contributed by atoms with van der Waals surface area (Å²) in [5, 5.41) is 3.28. The maximum Gasteiger partial charge on any atom is 0.255 e. The van der Waals surface area contributed by atoms with Gasteiger partial charge in [0.05, 0.1) is 17.4 Å². The molecule has 1 heterocycles. The number of carbonyl (C=O) groups excluding carboxylic acids is 1. The van der Waals surface area contributed by atoms with Gasteiger partial charge in [0.15, 0.2) is 0 Å². The van der Waals surface area contributed by atoms with Crippen LogP contribution in [0.4, 0.5) is 11.4 Å². The standard InChI is InChI=1S/C18H22BrN3O/c1-3-8-22(9-4-2)18(23)14-10-17(13-20-12-14)21-16-7-5-6-15(19)11-16/h5-7,10-13,21H,3-4,8-9H2,1-2H3. The van der Waals surface area contributed by atoms with E-state index in [2.05, 4.69) is 40.1 Å². The number of nitrogens with one attached hydrogen (secondary N) is 1. The molecule has 0 atom stereocenters. The molecule has 23 heavy (non-hydrogen) atoms. The van der Waals surface area contributed by atoms with Crippen LogP contribution in [-0.2, 0) is 0 Å². The molecular formula is C18H22BrN3O. The molecule has 1 aromatic carbocycles. The fourth-order valence-electron chi connectivity index (χ4n) is 2.40. The second kappa shape index (κ2) is 8.67. The predicted octanol–water partition coefficient (Wildman–Crippen LogP) is 4.85. The van der Waals surface area contributed by atoms with E-state index in [1.54, 1.807) is 12.4 Å². The minimum absolute atomic E-state index is 0.0408. The molecule has 0 aliphatic heterocycles. The molecule has 1 aromatic heterocycles. The molecule has 0 saturated carbocycles. The Balaban J connectivity index is 2.16. The zero-order chi connectivity index (χ0) is 16.7. The number of rotatable bonds is 7. The average molecular weight is 376 g/mol. The van der Waals surface area contributed by atoms with Crippen LogP contribution in [0.5, 0.6) is 0 Å². The molecule has 0 spiro atoms. The van der Waals surface area contributed by atoms with Gasteiger partial charge in [-0.3, -0.25) is 9.78 Å². The molecular weight excluding hydrogens is 354 g/mol. The number of nitrogens with zero attached hydrogens (tertiary/aromatic N) is 2. The van der Waals surface area contributed by atoms with Crippen LogP contribution in [0.25, 0.3) is 0 Å². The number of hydrogen-bond acceptors (Lipinski definition) is 3. The molecule has 0 aliphatic rings. The van der Waals surface area contributed by atoms with Gasteiger partial charge < -0.3 is 10.2 Å². The van der Waals surface area contributed by atoms with E-state index in [1.807, 2.05) is 35.2 Å². The number of anilines is 2. The molecule has 0 aliphatic carbocycles. The van der Waals surface area contributed by atoms with Crippen LogP contribution in [0.2, 0.25) is 0 Å². The Labute approximate surface area is 146 Å². The normalized spacial score (nSPS) is 10.4. The van der Waals surface area contributed by atoms with Crippen LogP contribution in [0.1, 0.15) is 37.0 Å². The van der Waals surface area contributed by atoms with Crippen molar-refractivity contribution in [3.8, 4) is 0 Å². The van der Waals surface area contributed by atoms with Crippen LogP contribution >= 0.6 is 15.9 Å². The van der Waals surface area contributed by atoms with Crippen LogP contribution in [0.15, 0.2) is 47.2 Å². The fraction of sp³-hybridized carbons (Fsp3) is 0.333. The molecule has 1 amide bonds. The van der Waals surface area contributed by atoms with Crippen LogP contribution in [0.3, 0.4) is 0 Å². The Kier molecular flexibility index (Phi) is 6.59. The smallest absolute Gasteiger partial charge is 0.255 e. The lowest BCUT2D eigenvalue weighted by molar-refractivity contribution is 0.0755. The highest BCUT2D eigenvalue weighted by Crippen LogP contribution is 2.21. The summed E-state index contributed by atoms with van der Waals surface area (Å²) >= 11 is 3.45. The van der Waals surface area contributed by atoms with E-state index in [1.165, 1.54) is 0 Å². The molecule has 2 aromatic rings. The summed E-state index contributed by atoms with van der Waals surface area (Å²) in [5.74, 6) is 0.0408. The second-order valence-corrected chi connectivity index (χ2v) is 6.31. The SMILES string of the molecule is CCCN(CCC)C(=O)c1cncc(Nc2cccc(Br)c2)c1. The van der Waals surface area contributed by atoms with E-state index in [4.69, 9.17) is 0 Å². The Morgan fingerprint density at radius 2 is 1.87 bits per heavy atom. The van der Waals surface area contributed by atoms with Gasteiger partial charge in [-0.05, 0) is 37.1 Å². The Morgan fingerprint density at radius 1 is 1.13 bits per heavy atom. The number of halogens is 1. The average Bonchev–Trinajstić information content (AvgIpc) is 2.54. The quantitative estimate of drug-likeness (QED) is 0.751. The van der Waals surface area contributed by atoms with Crippen LogP contribution in [0, 0.1) is 0 Å². The maximum absolute atomic E-state index is 12.6. The third kappa shape index (κ3) is 5.06. The van der Waals surface area contributed by atoms with Gasteiger partial charge in [0, 0.05) is 29.4 Å². The molecule has 2 rings (SSSR count). The van der Waals surface area contributed by atoms with Gasteiger partial charge in [-0.25, -0.2) is 0 Å². The zero-order valence-electron chi connectivity index (χ0n) is 13.6. The molecule has 0 bridgehead atoms. The highest BCUT2D eigenvalue weighted by atomic mass is 79.9. The first-order valence-electron chi connectivity index (χ1n) is 7.91. The van der Waals surface area contributed by atoms with Crippen molar-refractivity contribution in [3.05, 3.63) is 52.8 Å². The van der Waals surface area contributed by atoms with Crippen molar-refractivity contribution < 1.29 is 4.79 Å². The van der Waals surface area contributed by atoms with E-state index in [0.29, 0.717) is 5.56 Å². The third-order valence-electron chi connectivity index (χ3n) is 3.37. The summed E-state index contributed by atoms with van der Waals surface area (Å²) in [5.41, 5.74) is 2.37. The number of aromatic nitrogens is 1. The Morgan fingerprint density at radius 3 is 2.52 bits per heavy atom. The number of benzene rings is 1. The molecule has 0 fully saturated rings. The van der Waals surface area contributed by atoms with E-state index in [-0.39, 0.29) is 5.91 Å². The van der Waals surface area contributed by atoms with E-state index in [0.717, 1.165) is 41.8 Å². The fourth-order valence-corrected chi connectivity index (χ4v) is 2.79. The summed E-state index contributed by atoms with van der Waals surface area (Å²) in [6.07, 6.45) is 5.26. The Hall–Kier alpha value is -1.88. The minimum Gasteiger partial charge on any atom is -0.354 e. The van der Waals surface area contributed by atoms with E-state index < -0.39 is 0 Å². The van der Waals surface area contributed by atoms with Crippen molar-refractivity contribution in [3.63, 3.8) is 0 Å². The van der Waals surface area contributed by atoms with Crippen molar-refractivity contribution in [1.82, 2.24) is 9.88 Å².